The minimum Gasteiger partial charge on any atom is -0.462 e. The van der Waals surface area contributed by atoms with Gasteiger partial charge in [-0.15, -0.1) is 0 Å². The molecule has 0 aliphatic rings. The van der Waals surface area contributed by atoms with Crippen LogP contribution in [0.2, 0.25) is 0 Å². The van der Waals surface area contributed by atoms with E-state index in [1.54, 1.807) is 0 Å². The van der Waals surface area contributed by atoms with E-state index in [4.69, 9.17) is 23.7 Å². The van der Waals surface area contributed by atoms with Gasteiger partial charge in [-0.2, -0.15) is 0 Å². The first kappa shape index (κ1) is 19.3. The van der Waals surface area contributed by atoms with E-state index in [2.05, 4.69) is 0 Å². The van der Waals surface area contributed by atoms with Crippen LogP contribution in [0.25, 0.3) is 0 Å². The third kappa shape index (κ3) is 8.26. The summed E-state index contributed by atoms with van der Waals surface area (Å²) < 4.78 is 25.2. The fourth-order valence-corrected chi connectivity index (χ4v) is 1.72. The van der Waals surface area contributed by atoms with E-state index in [1.807, 2.05) is 0 Å². The number of carbonyl (C=O) groups is 3. The van der Waals surface area contributed by atoms with Crippen molar-refractivity contribution in [2.24, 2.45) is 0 Å². The van der Waals surface area contributed by atoms with Gasteiger partial charge in [0.25, 0.3) is 0 Å². The summed E-state index contributed by atoms with van der Waals surface area (Å²) in [6, 6.07) is 0. The average Bonchev–Trinajstić information content (AvgIpc) is 2.35. The maximum absolute atomic E-state index is 11.2. The lowest BCUT2D eigenvalue weighted by molar-refractivity contribution is -0.183. The summed E-state index contributed by atoms with van der Waals surface area (Å²) >= 11 is 0. The lowest BCUT2D eigenvalue weighted by atomic mass is 10.1. The second-order valence-electron chi connectivity index (χ2n) is 4.25. The van der Waals surface area contributed by atoms with E-state index in [-0.39, 0.29) is 13.2 Å². The van der Waals surface area contributed by atoms with Crippen molar-refractivity contribution in [2.45, 2.75) is 39.1 Å². The highest BCUT2D eigenvalue weighted by atomic mass is 16.6. The highest BCUT2D eigenvalue weighted by molar-refractivity contribution is 5.67. The quantitative estimate of drug-likeness (QED) is 0.436. The van der Waals surface area contributed by atoms with Crippen molar-refractivity contribution in [3.8, 4) is 0 Å². The molecule has 0 N–H and O–H groups in total. The van der Waals surface area contributed by atoms with Crippen LogP contribution in [0.1, 0.15) is 20.8 Å². The third-order valence-electron chi connectivity index (χ3n) is 2.42. The van der Waals surface area contributed by atoms with Crippen LogP contribution < -0.4 is 0 Å². The van der Waals surface area contributed by atoms with Gasteiger partial charge >= 0.3 is 17.9 Å². The molecule has 0 amide bonds. The summed E-state index contributed by atoms with van der Waals surface area (Å²) in [6.45, 7) is 3.50. The standard InChI is InChI=1S/C13H22O8/c1-8(14)19-7-12(21-10(3)16)13(18-5)11(6-17-4)20-9(2)15/h11-13H,6-7H2,1-5H3/t11-,12-,13-/m1/s1. The third-order valence-corrected chi connectivity index (χ3v) is 2.42. The molecule has 3 atom stereocenters. The Hall–Kier alpha value is -1.67. The minimum atomic E-state index is -0.920. The molecular formula is C13H22O8. The molecule has 0 aliphatic heterocycles. The lowest BCUT2D eigenvalue weighted by Gasteiger charge is -2.30. The Kier molecular flexibility index (Phi) is 9.31. The second-order valence-corrected chi connectivity index (χ2v) is 4.25. The Morgan fingerprint density at radius 3 is 1.62 bits per heavy atom. The lowest BCUT2D eigenvalue weighted by Crippen LogP contribution is -2.47. The first-order valence-corrected chi connectivity index (χ1v) is 6.31. The van der Waals surface area contributed by atoms with Crippen LogP contribution in [0.4, 0.5) is 0 Å². The van der Waals surface area contributed by atoms with Crippen LogP contribution in [0.5, 0.6) is 0 Å². The zero-order chi connectivity index (χ0) is 16.4. The van der Waals surface area contributed by atoms with E-state index >= 15 is 0 Å². The van der Waals surface area contributed by atoms with Crippen molar-refractivity contribution >= 4 is 17.9 Å². The maximum Gasteiger partial charge on any atom is 0.303 e. The normalized spacial score (nSPS) is 14.7. The van der Waals surface area contributed by atoms with E-state index in [0.717, 1.165) is 0 Å². The summed E-state index contributed by atoms with van der Waals surface area (Å²) in [5.74, 6) is -1.64. The zero-order valence-electron chi connectivity index (χ0n) is 12.9. The molecule has 0 bridgehead atoms. The van der Waals surface area contributed by atoms with E-state index in [9.17, 15) is 14.4 Å². The number of esters is 3. The van der Waals surface area contributed by atoms with Crippen molar-refractivity contribution in [1.82, 2.24) is 0 Å². The van der Waals surface area contributed by atoms with Crippen LogP contribution in [-0.4, -0.2) is 63.7 Å². The number of carbonyl (C=O) groups excluding carboxylic acids is 3. The predicted molar refractivity (Wildman–Crippen MR) is 70.4 cm³/mol. The predicted octanol–water partition coefficient (Wildman–Crippen LogP) is 0.0743. The van der Waals surface area contributed by atoms with Crippen LogP contribution in [0, 0.1) is 0 Å². The number of hydrogen-bond acceptors (Lipinski definition) is 8. The molecule has 8 nitrogen and oxygen atoms in total. The van der Waals surface area contributed by atoms with Gasteiger partial charge in [0.1, 0.15) is 12.7 Å². The molecular weight excluding hydrogens is 284 g/mol. The summed E-state index contributed by atoms with van der Waals surface area (Å²) in [5, 5.41) is 0. The Labute approximate surface area is 123 Å². The summed E-state index contributed by atoms with van der Waals surface area (Å²) in [4.78, 5) is 33.2. The van der Waals surface area contributed by atoms with E-state index in [1.165, 1.54) is 35.0 Å². The van der Waals surface area contributed by atoms with Crippen molar-refractivity contribution in [3.63, 3.8) is 0 Å². The zero-order valence-corrected chi connectivity index (χ0v) is 12.9. The molecule has 0 aromatic carbocycles. The summed E-state index contributed by atoms with van der Waals surface area (Å²) in [5.41, 5.74) is 0. The van der Waals surface area contributed by atoms with Gasteiger partial charge in [-0.05, 0) is 0 Å². The SMILES string of the molecule is COC[C@@H](OC(C)=O)[C@@H](OC)[C@@H](COC(C)=O)OC(C)=O. The largest absolute Gasteiger partial charge is 0.462 e. The average molecular weight is 306 g/mol. The molecule has 0 unspecified atom stereocenters. The Morgan fingerprint density at radius 2 is 1.29 bits per heavy atom. The first-order valence-electron chi connectivity index (χ1n) is 6.31. The number of ether oxygens (including phenoxy) is 5. The maximum atomic E-state index is 11.2. The highest BCUT2D eigenvalue weighted by Gasteiger charge is 2.35. The fraction of sp³-hybridized carbons (Fsp3) is 0.769. The molecule has 0 saturated carbocycles. The van der Waals surface area contributed by atoms with Crippen molar-refractivity contribution < 1.29 is 38.1 Å². The molecule has 0 aromatic heterocycles. The molecule has 0 spiro atoms. The van der Waals surface area contributed by atoms with E-state index < -0.39 is 36.2 Å². The molecule has 0 aromatic rings. The summed E-state index contributed by atoms with van der Waals surface area (Å²) in [7, 11) is 2.79. The van der Waals surface area contributed by atoms with Crippen molar-refractivity contribution in [3.05, 3.63) is 0 Å². The molecule has 21 heavy (non-hydrogen) atoms. The second kappa shape index (κ2) is 10.1. The highest BCUT2D eigenvalue weighted by Crippen LogP contribution is 2.14. The van der Waals surface area contributed by atoms with Gasteiger partial charge < -0.3 is 23.7 Å². The molecule has 0 saturated heterocycles. The smallest absolute Gasteiger partial charge is 0.303 e. The molecule has 8 heteroatoms. The molecule has 0 rings (SSSR count). The Balaban J connectivity index is 5.06. The van der Waals surface area contributed by atoms with Crippen molar-refractivity contribution in [1.29, 1.82) is 0 Å². The monoisotopic (exact) mass is 306 g/mol. The van der Waals surface area contributed by atoms with Gasteiger partial charge in [0.2, 0.25) is 0 Å². The van der Waals surface area contributed by atoms with Gasteiger partial charge in [-0.3, -0.25) is 14.4 Å². The van der Waals surface area contributed by atoms with Crippen LogP contribution >= 0.6 is 0 Å². The molecule has 0 heterocycles. The topological polar surface area (TPSA) is 97.4 Å². The van der Waals surface area contributed by atoms with Crippen LogP contribution in [0.15, 0.2) is 0 Å². The first-order chi connectivity index (χ1) is 9.81. The molecule has 0 aliphatic carbocycles. The minimum absolute atomic E-state index is 0.0376. The Bertz CT molecular complexity index is 354. The van der Waals surface area contributed by atoms with Gasteiger partial charge in [-0.1, -0.05) is 0 Å². The van der Waals surface area contributed by atoms with E-state index in [0.29, 0.717) is 0 Å². The van der Waals surface area contributed by atoms with Crippen molar-refractivity contribution in [2.75, 3.05) is 27.4 Å². The molecule has 122 valence electrons. The number of methoxy groups -OCH3 is 2. The molecule has 0 radical (unpaired) electrons. The van der Waals surface area contributed by atoms with Crippen LogP contribution in [-0.2, 0) is 38.1 Å². The van der Waals surface area contributed by atoms with Gasteiger partial charge in [-0.25, -0.2) is 0 Å². The van der Waals surface area contributed by atoms with Crippen LogP contribution in [0.3, 0.4) is 0 Å². The van der Waals surface area contributed by atoms with Gasteiger partial charge in [0.15, 0.2) is 12.2 Å². The fourth-order valence-electron chi connectivity index (χ4n) is 1.72. The molecule has 0 fully saturated rings. The van der Waals surface area contributed by atoms with Gasteiger partial charge in [0, 0.05) is 35.0 Å². The number of hydrogen-bond donors (Lipinski definition) is 0. The van der Waals surface area contributed by atoms with Gasteiger partial charge in [0.05, 0.1) is 6.61 Å². The summed E-state index contributed by atoms with van der Waals surface area (Å²) in [6.07, 6.45) is -2.56. The number of rotatable bonds is 9. The Morgan fingerprint density at radius 1 is 0.810 bits per heavy atom.